The lowest BCUT2D eigenvalue weighted by Crippen LogP contribution is -2.26. The number of nitrogens with zero attached hydrogens (tertiary/aromatic N) is 1. The Morgan fingerprint density at radius 1 is 1.28 bits per heavy atom. The molecule has 0 heterocycles. The number of hydrogen-bond acceptors (Lipinski definition) is 3. The van der Waals surface area contributed by atoms with Crippen molar-refractivity contribution in [1.82, 2.24) is 4.31 Å². The molecule has 0 saturated carbocycles. The average Bonchev–Trinajstić information content (AvgIpc) is 2.22. The van der Waals surface area contributed by atoms with Gasteiger partial charge in [0.2, 0.25) is 10.0 Å². The van der Waals surface area contributed by atoms with E-state index in [1.807, 2.05) is 30.3 Å². The van der Waals surface area contributed by atoms with Gasteiger partial charge in [-0.3, -0.25) is 0 Å². The third kappa shape index (κ3) is 5.21. The first kappa shape index (κ1) is 14.6. The monoisotopic (exact) mass is 267 g/mol. The van der Waals surface area contributed by atoms with Crippen LogP contribution < -0.4 is 0 Å². The summed E-state index contributed by atoms with van der Waals surface area (Å²) in [6, 6.07) is 11.7. The Balaban J connectivity index is 2.98. The Morgan fingerprint density at radius 3 is 2.28 bits per heavy atom. The minimum Gasteiger partial charge on any atom is -0.378 e. The van der Waals surface area contributed by atoms with E-state index in [2.05, 4.69) is 12.0 Å². The molecule has 1 rings (SSSR count). The van der Waals surface area contributed by atoms with Crippen molar-refractivity contribution in [2.24, 2.45) is 0 Å². The number of sulfonamides is 1. The van der Waals surface area contributed by atoms with Gasteiger partial charge in [0.1, 0.15) is 5.60 Å². The maximum Gasteiger partial charge on any atom is 0.239 e. The van der Waals surface area contributed by atoms with Crippen LogP contribution in [0.3, 0.4) is 0 Å². The molecule has 0 saturated heterocycles. The molecular weight excluding hydrogens is 250 g/mol. The zero-order valence-corrected chi connectivity index (χ0v) is 11.5. The Bertz CT molecular complexity index is 547. The van der Waals surface area contributed by atoms with Crippen LogP contribution in [-0.2, 0) is 16.6 Å². The summed E-state index contributed by atoms with van der Waals surface area (Å²) in [5, 5.41) is 9.50. The van der Waals surface area contributed by atoms with E-state index in [1.165, 1.54) is 13.8 Å². The smallest absolute Gasteiger partial charge is 0.239 e. The van der Waals surface area contributed by atoms with Crippen molar-refractivity contribution in [2.45, 2.75) is 26.0 Å². The van der Waals surface area contributed by atoms with Crippen molar-refractivity contribution in [1.29, 1.82) is 0 Å². The van der Waals surface area contributed by atoms with Crippen molar-refractivity contribution in [2.75, 3.05) is 6.26 Å². The van der Waals surface area contributed by atoms with Crippen LogP contribution in [0.1, 0.15) is 19.4 Å². The predicted octanol–water partition coefficient (Wildman–Crippen LogP) is 1.18. The topological polar surface area (TPSA) is 57.6 Å². The molecule has 0 unspecified atom stereocenters. The lowest BCUT2D eigenvalue weighted by atomic mass is 10.2. The Kier molecular flexibility index (Phi) is 4.38. The summed E-state index contributed by atoms with van der Waals surface area (Å²) in [6.45, 7) is 3.18. The Morgan fingerprint density at radius 2 is 1.83 bits per heavy atom. The van der Waals surface area contributed by atoms with Gasteiger partial charge in [0.25, 0.3) is 0 Å². The van der Waals surface area contributed by atoms with E-state index < -0.39 is 15.6 Å². The summed E-state index contributed by atoms with van der Waals surface area (Å²) in [5.74, 6) is 2.50. The summed E-state index contributed by atoms with van der Waals surface area (Å²) in [6.07, 6.45) is 1.09. The number of rotatable bonds is 3. The SMILES string of the molecule is CC(C)(O)C#CN(Cc1ccccc1)S(C)(=O)=O. The van der Waals surface area contributed by atoms with Crippen molar-refractivity contribution in [3.8, 4) is 12.0 Å². The van der Waals surface area contributed by atoms with Gasteiger partial charge >= 0.3 is 0 Å². The largest absolute Gasteiger partial charge is 0.378 e. The highest BCUT2D eigenvalue weighted by Gasteiger charge is 2.14. The molecule has 0 aliphatic heterocycles. The number of benzene rings is 1. The van der Waals surface area contributed by atoms with E-state index >= 15 is 0 Å². The molecule has 98 valence electrons. The second kappa shape index (κ2) is 5.42. The van der Waals surface area contributed by atoms with Crippen LogP contribution in [0.5, 0.6) is 0 Å². The zero-order chi connectivity index (χ0) is 13.8. The number of aliphatic hydroxyl groups is 1. The highest BCUT2D eigenvalue weighted by Crippen LogP contribution is 2.07. The van der Waals surface area contributed by atoms with Crippen LogP contribution >= 0.6 is 0 Å². The molecule has 0 bridgehead atoms. The van der Waals surface area contributed by atoms with Gasteiger partial charge < -0.3 is 5.11 Å². The summed E-state index contributed by atoms with van der Waals surface area (Å²) in [5.41, 5.74) is -0.382. The highest BCUT2D eigenvalue weighted by molar-refractivity contribution is 7.88. The molecule has 0 spiro atoms. The van der Waals surface area contributed by atoms with Crippen molar-refractivity contribution < 1.29 is 13.5 Å². The zero-order valence-electron chi connectivity index (χ0n) is 10.7. The fourth-order valence-electron chi connectivity index (χ4n) is 1.19. The van der Waals surface area contributed by atoms with Crippen molar-refractivity contribution >= 4 is 10.0 Å². The third-order valence-electron chi connectivity index (χ3n) is 2.06. The molecule has 0 aliphatic rings. The van der Waals surface area contributed by atoms with Gasteiger partial charge in [-0.05, 0) is 25.3 Å². The van der Waals surface area contributed by atoms with Crippen LogP contribution in [0.15, 0.2) is 30.3 Å². The van der Waals surface area contributed by atoms with Crippen LogP contribution in [0.2, 0.25) is 0 Å². The van der Waals surface area contributed by atoms with Gasteiger partial charge in [-0.1, -0.05) is 30.3 Å². The molecule has 1 N–H and O–H groups in total. The van der Waals surface area contributed by atoms with E-state index in [0.29, 0.717) is 0 Å². The summed E-state index contributed by atoms with van der Waals surface area (Å²) in [7, 11) is -3.44. The quantitative estimate of drug-likeness (QED) is 0.661. The fraction of sp³-hybridized carbons (Fsp3) is 0.385. The molecule has 4 nitrogen and oxygen atoms in total. The molecular formula is C13H17NO3S. The Labute approximate surface area is 108 Å². The lowest BCUT2D eigenvalue weighted by molar-refractivity contribution is 0.143. The second-order valence-corrected chi connectivity index (χ2v) is 6.46. The molecule has 1 aromatic rings. The summed E-state index contributed by atoms with van der Waals surface area (Å²) >= 11 is 0. The van der Waals surface area contributed by atoms with E-state index in [9.17, 15) is 13.5 Å². The molecule has 18 heavy (non-hydrogen) atoms. The number of hydrogen-bond donors (Lipinski definition) is 1. The van der Waals surface area contributed by atoms with Gasteiger partial charge in [0.05, 0.1) is 12.8 Å². The molecule has 5 heteroatoms. The first-order chi connectivity index (χ1) is 8.18. The van der Waals surface area contributed by atoms with Crippen LogP contribution in [0.25, 0.3) is 0 Å². The first-order valence-corrected chi connectivity index (χ1v) is 7.30. The van der Waals surface area contributed by atoms with E-state index in [0.717, 1.165) is 16.1 Å². The van der Waals surface area contributed by atoms with Gasteiger partial charge in [0.15, 0.2) is 0 Å². The molecule has 0 aromatic heterocycles. The molecule has 1 aromatic carbocycles. The second-order valence-electron chi connectivity index (χ2n) is 4.55. The predicted molar refractivity (Wildman–Crippen MR) is 70.9 cm³/mol. The molecule has 0 amide bonds. The molecule has 0 atom stereocenters. The Hall–Kier alpha value is -1.51. The maximum atomic E-state index is 11.6. The third-order valence-corrected chi connectivity index (χ3v) is 3.08. The molecule has 0 aliphatic carbocycles. The summed E-state index contributed by atoms with van der Waals surface area (Å²) in [4.78, 5) is 0. The van der Waals surface area contributed by atoms with Crippen LogP contribution in [-0.4, -0.2) is 29.7 Å². The van der Waals surface area contributed by atoms with Gasteiger partial charge in [-0.2, -0.15) is 0 Å². The van der Waals surface area contributed by atoms with Crippen molar-refractivity contribution in [3.63, 3.8) is 0 Å². The molecule has 0 fully saturated rings. The van der Waals surface area contributed by atoms with E-state index in [4.69, 9.17) is 0 Å². The van der Waals surface area contributed by atoms with Gasteiger partial charge in [-0.25, -0.2) is 12.7 Å². The van der Waals surface area contributed by atoms with Gasteiger partial charge in [0, 0.05) is 6.04 Å². The normalized spacial score (nSPS) is 11.6. The molecule has 0 radical (unpaired) electrons. The standard InChI is InChI=1S/C13H17NO3S/c1-13(2,15)9-10-14(18(3,16)17)11-12-7-5-4-6-8-12/h4-8,15H,11H2,1-3H3. The van der Waals surface area contributed by atoms with Crippen LogP contribution in [0, 0.1) is 12.0 Å². The lowest BCUT2D eigenvalue weighted by Gasteiger charge is -2.16. The van der Waals surface area contributed by atoms with Gasteiger partial charge in [-0.15, -0.1) is 0 Å². The minimum absolute atomic E-state index is 0.169. The fourth-order valence-corrected chi connectivity index (χ4v) is 1.78. The first-order valence-electron chi connectivity index (χ1n) is 5.45. The van der Waals surface area contributed by atoms with E-state index in [1.54, 1.807) is 0 Å². The van der Waals surface area contributed by atoms with Crippen molar-refractivity contribution in [3.05, 3.63) is 35.9 Å². The summed E-state index contributed by atoms with van der Waals surface area (Å²) < 4.78 is 24.2. The average molecular weight is 267 g/mol. The minimum atomic E-state index is -3.44. The maximum absolute atomic E-state index is 11.6. The van der Waals surface area contributed by atoms with Crippen LogP contribution in [0.4, 0.5) is 0 Å². The highest BCUT2D eigenvalue weighted by atomic mass is 32.2. The van der Waals surface area contributed by atoms with E-state index in [-0.39, 0.29) is 6.54 Å².